The van der Waals surface area contributed by atoms with Crippen molar-refractivity contribution < 1.29 is 19.1 Å². The minimum Gasteiger partial charge on any atom is -0.465 e. The Morgan fingerprint density at radius 2 is 1.54 bits per heavy atom. The minimum absolute atomic E-state index is 0.0636. The van der Waals surface area contributed by atoms with Crippen LogP contribution in [0.5, 0.6) is 6.01 Å². The fraction of sp³-hybridized carbons (Fsp3) is 0.429. The van der Waals surface area contributed by atoms with Gasteiger partial charge in [-0.2, -0.15) is 0 Å². The fourth-order valence-electron chi connectivity index (χ4n) is 3.36. The van der Waals surface area contributed by atoms with Crippen molar-refractivity contribution in [1.82, 2.24) is 15.3 Å². The van der Waals surface area contributed by atoms with Crippen molar-refractivity contribution in [2.45, 2.75) is 51.7 Å². The Kier molecular flexibility index (Phi) is 6.23. The summed E-state index contributed by atoms with van der Waals surface area (Å²) in [6, 6.07) is 8.90. The highest BCUT2D eigenvalue weighted by Crippen LogP contribution is 2.23. The largest absolute Gasteiger partial charge is 0.465 e. The Labute approximate surface area is 164 Å². The topological polar surface area (TPSA) is 90.4 Å². The molecule has 0 atom stereocenters. The van der Waals surface area contributed by atoms with Gasteiger partial charge >= 0.3 is 12.0 Å². The van der Waals surface area contributed by atoms with E-state index in [9.17, 15) is 9.59 Å². The monoisotopic (exact) mass is 383 g/mol. The summed E-state index contributed by atoms with van der Waals surface area (Å²) in [5.74, 6) is -0.559. The molecule has 3 rings (SSSR count). The zero-order chi connectivity index (χ0) is 20.1. The van der Waals surface area contributed by atoms with Crippen LogP contribution in [0.2, 0.25) is 0 Å². The van der Waals surface area contributed by atoms with Crippen LogP contribution in [0.4, 0.5) is 0 Å². The smallest absolute Gasteiger partial charge is 0.337 e. The predicted octanol–water partition coefficient (Wildman–Crippen LogP) is 3.00. The molecule has 1 aromatic heterocycles. The molecule has 0 saturated heterocycles. The van der Waals surface area contributed by atoms with Gasteiger partial charge in [0.05, 0.1) is 12.7 Å². The van der Waals surface area contributed by atoms with Crippen LogP contribution >= 0.6 is 0 Å². The second kappa shape index (κ2) is 8.82. The lowest BCUT2D eigenvalue weighted by molar-refractivity contribution is 0.0600. The van der Waals surface area contributed by atoms with E-state index in [0.29, 0.717) is 17.1 Å². The second-order valence-electron chi connectivity index (χ2n) is 7.07. The number of ether oxygens (including phenoxy) is 2. The molecule has 1 heterocycles. The number of benzene rings is 1. The number of nitrogens with one attached hydrogen (secondary N) is 1. The van der Waals surface area contributed by atoms with Gasteiger partial charge in [-0.15, -0.1) is 0 Å². The SMILES string of the molecule is COC(=O)c1ccc(C(=O)NC2CCC(Oc3nc(C)cc(C)n3)CC2)cc1. The van der Waals surface area contributed by atoms with E-state index in [0.717, 1.165) is 37.1 Å². The van der Waals surface area contributed by atoms with Crippen molar-refractivity contribution in [3.63, 3.8) is 0 Å². The average Bonchev–Trinajstić information content (AvgIpc) is 2.68. The molecule has 1 saturated carbocycles. The van der Waals surface area contributed by atoms with E-state index in [1.807, 2.05) is 19.9 Å². The summed E-state index contributed by atoms with van der Waals surface area (Å²) in [7, 11) is 1.33. The lowest BCUT2D eigenvalue weighted by Crippen LogP contribution is -2.39. The van der Waals surface area contributed by atoms with Crippen LogP contribution in [0.1, 0.15) is 57.8 Å². The zero-order valence-electron chi connectivity index (χ0n) is 16.4. The van der Waals surface area contributed by atoms with Crippen molar-refractivity contribution in [2.75, 3.05) is 7.11 Å². The normalized spacial score (nSPS) is 19.0. The maximum atomic E-state index is 12.4. The molecule has 1 aromatic carbocycles. The molecule has 7 nitrogen and oxygen atoms in total. The highest BCUT2D eigenvalue weighted by Gasteiger charge is 2.24. The van der Waals surface area contributed by atoms with Crippen LogP contribution in [0.3, 0.4) is 0 Å². The van der Waals surface area contributed by atoms with Crippen LogP contribution in [0, 0.1) is 13.8 Å². The predicted molar refractivity (Wildman–Crippen MR) is 103 cm³/mol. The first kappa shape index (κ1) is 19.8. The van der Waals surface area contributed by atoms with E-state index >= 15 is 0 Å². The third kappa shape index (κ3) is 5.06. The highest BCUT2D eigenvalue weighted by molar-refractivity contribution is 5.96. The number of aromatic nitrogens is 2. The van der Waals surface area contributed by atoms with Gasteiger partial charge in [0.15, 0.2) is 0 Å². The van der Waals surface area contributed by atoms with Gasteiger partial charge in [0, 0.05) is 23.0 Å². The van der Waals surface area contributed by atoms with Crippen LogP contribution in [0.25, 0.3) is 0 Å². The standard InChI is InChI=1S/C21H25N3O4/c1-13-12-14(2)23-21(22-13)28-18-10-8-17(9-11-18)24-19(25)15-4-6-16(7-5-15)20(26)27-3/h4-7,12,17-18H,8-11H2,1-3H3,(H,24,25). The Bertz CT molecular complexity index is 823. The summed E-state index contributed by atoms with van der Waals surface area (Å²) in [5.41, 5.74) is 2.73. The van der Waals surface area contributed by atoms with Crippen LogP contribution in [0.15, 0.2) is 30.3 Å². The van der Waals surface area contributed by atoms with Crippen molar-refractivity contribution in [2.24, 2.45) is 0 Å². The van der Waals surface area contributed by atoms with E-state index in [-0.39, 0.29) is 18.1 Å². The number of esters is 1. The van der Waals surface area contributed by atoms with Gasteiger partial charge in [-0.3, -0.25) is 4.79 Å². The average molecular weight is 383 g/mol. The molecule has 1 N–H and O–H groups in total. The lowest BCUT2D eigenvalue weighted by Gasteiger charge is -2.29. The molecule has 7 heteroatoms. The van der Waals surface area contributed by atoms with E-state index in [1.165, 1.54) is 7.11 Å². The van der Waals surface area contributed by atoms with Gasteiger partial charge in [0.1, 0.15) is 6.10 Å². The molecule has 0 aliphatic heterocycles. The number of amides is 1. The van der Waals surface area contributed by atoms with Gasteiger partial charge in [-0.25, -0.2) is 14.8 Å². The first-order chi connectivity index (χ1) is 13.4. The van der Waals surface area contributed by atoms with Gasteiger partial charge in [0.2, 0.25) is 0 Å². The Balaban J connectivity index is 1.49. The Morgan fingerprint density at radius 1 is 0.964 bits per heavy atom. The summed E-state index contributed by atoms with van der Waals surface area (Å²) < 4.78 is 10.6. The molecule has 1 aliphatic carbocycles. The van der Waals surface area contributed by atoms with Gasteiger partial charge in [0.25, 0.3) is 5.91 Å². The molecule has 2 aromatic rings. The number of hydrogen-bond acceptors (Lipinski definition) is 6. The molecular weight excluding hydrogens is 358 g/mol. The van der Waals surface area contributed by atoms with Crippen molar-refractivity contribution >= 4 is 11.9 Å². The molecule has 1 fully saturated rings. The molecule has 148 valence electrons. The zero-order valence-corrected chi connectivity index (χ0v) is 16.4. The number of carbonyl (C=O) groups excluding carboxylic acids is 2. The second-order valence-corrected chi connectivity index (χ2v) is 7.07. The molecule has 1 aliphatic rings. The third-order valence-corrected chi connectivity index (χ3v) is 4.81. The molecule has 0 spiro atoms. The van der Waals surface area contributed by atoms with E-state index in [2.05, 4.69) is 20.0 Å². The maximum absolute atomic E-state index is 12.4. The summed E-state index contributed by atoms with van der Waals surface area (Å²) in [6.07, 6.45) is 3.40. The number of carbonyl (C=O) groups is 2. The highest BCUT2D eigenvalue weighted by atomic mass is 16.5. The summed E-state index contributed by atoms with van der Waals surface area (Å²) in [6.45, 7) is 3.84. The number of hydrogen-bond donors (Lipinski definition) is 1. The van der Waals surface area contributed by atoms with Crippen molar-refractivity contribution in [3.05, 3.63) is 52.8 Å². The van der Waals surface area contributed by atoms with Gasteiger partial charge in [-0.1, -0.05) is 0 Å². The Morgan fingerprint density at radius 3 is 2.11 bits per heavy atom. The molecule has 0 bridgehead atoms. The fourth-order valence-corrected chi connectivity index (χ4v) is 3.36. The van der Waals surface area contributed by atoms with Crippen molar-refractivity contribution in [3.8, 4) is 6.01 Å². The first-order valence-electron chi connectivity index (χ1n) is 9.43. The molecule has 0 radical (unpaired) electrons. The van der Waals surface area contributed by atoms with E-state index in [1.54, 1.807) is 24.3 Å². The Hall–Kier alpha value is -2.96. The van der Waals surface area contributed by atoms with E-state index < -0.39 is 5.97 Å². The summed E-state index contributed by atoms with van der Waals surface area (Å²) in [4.78, 5) is 32.5. The number of nitrogens with zero attached hydrogens (tertiary/aromatic N) is 2. The van der Waals surface area contributed by atoms with Crippen LogP contribution in [-0.4, -0.2) is 41.1 Å². The van der Waals surface area contributed by atoms with Gasteiger partial charge in [-0.05, 0) is 69.9 Å². The molecule has 0 unspecified atom stereocenters. The summed E-state index contributed by atoms with van der Waals surface area (Å²) >= 11 is 0. The molecule has 1 amide bonds. The number of rotatable bonds is 5. The van der Waals surface area contributed by atoms with Crippen LogP contribution in [-0.2, 0) is 4.74 Å². The lowest BCUT2D eigenvalue weighted by atomic mass is 9.92. The first-order valence-corrected chi connectivity index (χ1v) is 9.43. The molecule has 28 heavy (non-hydrogen) atoms. The number of methoxy groups -OCH3 is 1. The summed E-state index contributed by atoms with van der Waals surface area (Å²) in [5, 5.41) is 3.06. The van der Waals surface area contributed by atoms with Crippen LogP contribution < -0.4 is 10.1 Å². The third-order valence-electron chi connectivity index (χ3n) is 4.81. The van der Waals surface area contributed by atoms with Gasteiger partial charge < -0.3 is 14.8 Å². The maximum Gasteiger partial charge on any atom is 0.337 e. The molecular formula is C21H25N3O4. The van der Waals surface area contributed by atoms with Crippen molar-refractivity contribution in [1.29, 1.82) is 0 Å². The van der Waals surface area contributed by atoms with E-state index in [4.69, 9.17) is 4.74 Å². The quantitative estimate of drug-likeness (QED) is 0.798. The number of aryl methyl sites for hydroxylation is 2. The minimum atomic E-state index is -0.418.